The molecule has 0 saturated carbocycles. The Morgan fingerprint density at radius 2 is 2.25 bits per heavy atom. The Kier molecular flexibility index (Phi) is 5.25. The maximum Gasteiger partial charge on any atom is 0.305 e. The third-order valence-corrected chi connectivity index (χ3v) is 2.80. The van der Waals surface area contributed by atoms with E-state index < -0.39 is 5.97 Å². The summed E-state index contributed by atoms with van der Waals surface area (Å²) in [6.45, 7) is 1.72. The van der Waals surface area contributed by atoms with Crippen LogP contribution in [0.1, 0.15) is 25.7 Å². The lowest BCUT2D eigenvalue weighted by Gasteiger charge is -2.24. The summed E-state index contributed by atoms with van der Waals surface area (Å²) >= 11 is 0. The molecule has 1 aliphatic rings. The first-order valence-corrected chi connectivity index (χ1v) is 5.63. The second-order valence-electron chi connectivity index (χ2n) is 4.25. The van der Waals surface area contributed by atoms with Crippen molar-refractivity contribution in [2.75, 3.05) is 26.8 Å². The van der Waals surface area contributed by atoms with Crippen molar-refractivity contribution in [3.8, 4) is 0 Å². The number of carbonyl (C=O) groups is 2. The molecule has 1 aliphatic heterocycles. The van der Waals surface area contributed by atoms with Crippen LogP contribution in [-0.2, 0) is 14.3 Å². The normalized spacial score (nSPS) is 20.4. The molecule has 0 aromatic rings. The molecule has 1 atom stereocenters. The van der Waals surface area contributed by atoms with Crippen LogP contribution < -0.4 is 0 Å². The molecule has 5 heteroatoms. The van der Waals surface area contributed by atoms with Gasteiger partial charge in [0.05, 0.1) is 6.42 Å². The molecule has 0 aromatic heterocycles. The van der Waals surface area contributed by atoms with Crippen molar-refractivity contribution in [1.29, 1.82) is 0 Å². The summed E-state index contributed by atoms with van der Waals surface area (Å²) in [5.74, 6) is -0.564. The molecular formula is C11H19NO4. The standard InChI is InChI=1S/C11H19NO4/c1-12(5-4-11(14)15)10(13)7-9-3-2-6-16-8-9/h9H,2-8H2,1H3,(H,14,15). The van der Waals surface area contributed by atoms with Crippen LogP contribution in [0.5, 0.6) is 0 Å². The van der Waals surface area contributed by atoms with Crippen molar-refractivity contribution >= 4 is 11.9 Å². The van der Waals surface area contributed by atoms with E-state index in [9.17, 15) is 9.59 Å². The first-order valence-electron chi connectivity index (χ1n) is 5.63. The zero-order valence-corrected chi connectivity index (χ0v) is 9.65. The van der Waals surface area contributed by atoms with Crippen molar-refractivity contribution in [1.82, 2.24) is 4.90 Å². The van der Waals surface area contributed by atoms with Gasteiger partial charge in [0.2, 0.25) is 5.91 Å². The zero-order valence-electron chi connectivity index (χ0n) is 9.65. The Morgan fingerprint density at radius 1 is 1.50 bits per heavy atom. The zero-order chi connectivity index (χ0) is 12.0. The van der Waals surface area contributed by atoms with Crippen molar-refractivity contribution in [2.45, 2.75) is 25.7 Å². The molecule has 1 unspecified atom stereocenters. The minimum Gasteiger partial charge on any atom is -0.481 e. The number of aliphatic carboxylic acids is 1. The third-order valence-electron chi connectivity index (χ3n) is 2.80. The fourth-order valence-corrected chi connectivity index (χ4v) is 1.76. The molecule has 1 fully saturated rings. The lowest BCUT2D eigenvalue weighted by Crippen LogP contribution is -2.32. The largest absolute Gasteiger partial charge is 0.481 e. The molecule has 1 rings (SSSR count). The highest BCUT2D eigenvalue weighted by molar-refractivity contribution is 5.77. The van der Waals surface area contributed by atoms with Gasteiger partial charge in [0.25, 0.3) is 0 Å². The van der Waals surface area contributed by atoms with Crippen molar-refractivity contribution in [3.05, 3.63) is 0 Å². The van der Waals surface area contributed by atoms with E-state index in [-0.39, 0.29) is 18.9 Å². The number of carboxylic acids is 1. The number of rotatable bonds is 5. The Labute approximate surface area is 95.4 Å². The molecule has 1 amide bonds. The monoisotopic (exact) mass is 229 g/mol. The number of hydrogen-bond acceptors (Lipinski definition) is 3. The van der Waals surface area contributed by atoms with Crippen LogP contribution in [-0.4, -0.2) is 48.7 Å². The van der Waals surface area contributed by atoms with Gasteiger partial charge < -0.3 is 14.7 Å². The van der Waals surface area contributed by atoms with E-state index in [0.717, 1.165) is 19.4 Å². The van der Waals surface area contributed by atoms with Gasteiger partial charge in [-0.05, 0) is 18.8 Å². The molecule has 0 spiro atoms. The summed E-state index contributed by atoms with van der Waals surface area (Å²) in [4.78, 5) is 23.5. The van der Waals surface area contributed by atoms with Crippen LogP contribution in [0.3, 0.4) is 0 Å². The molecule has 16 heavy (non-hydrogen) atoms. The number of amides is 1. The fraction of sp³-hybridized carbons (Fsp3) is 0.818. The summed E-state index contributed by atoms with van der Waals surface area (Å²) in [5, 5.41) is 8.51. The van der Waals surface area contributed by atoms with Gasteiger partial charge in [-0.15, -0.1) is 0 Å². The SMILES string of the molecule is CN(CCC(=O)O)C(=O)CC1CCCOC1. The fourth-order valence-electron chi connectivity index (χ4n) is 1.76. The van der Waals surface area contributed by atoms with Gasteiger partial charge in [-0.1, -0.05) is 0 Å². The summed E-state index contributed by atoms with van der Waals surface area (Å²) in [5.41, 5.74) is 0. The van der Waals surface area contributed by atoms with Gasteiger partial charge in [-0.25, -0.2) is 0 Å². The minimum absolute atomic E-state index is 0.00338. The van der Waals surface area contributed by atoms with E-state index in [2.05, 4.69) is 0 Å². The smallest absolute Gasteiger partial charge is 0.305 e. The van der Waals surface area contributed by atoms with Gasteiger partial charge >= 0.3 is 5.97 Å². The Hall–Kier alpha value is -1.10. The first kappa shape index (κ1) is 13.0. The van der Waals surface area contributed by atoms with Crippen LogP contribution in [0.2, 0.25) is 0 Å². The third kappa shape index (κ3) is 4.61. The van der Waals surface area contributed by atoms with Gasteiger partial charge in [0.15, 0.2) is 0 Å². The predicted molar refractivity (Wildman–Crippen MR) is 58.0 cm³/mol. The molecular weight excluding hydrogens is 210 g/mol. The molecule has 92 valence electrons. The Bertz CT molecular complexity index is 248. The van der Waals surface area contributed by atoms with Crippen LogP contribution in [0.15, 0.2) is 0 Å². The first-order chi connectivity index (χ1) is 7.59. The minimum atomic E-state index is -0.874. The molecule has 0 bridgehead atoms. The van der Waals surface area contributed by atoms with E-state index in [1.807, 2.05) is 0 Å². The van der Waals surface area contributed by atoms with Gasteiger partial charge in [-0.2, -0.15) is 0 Å². The summed E-state index contributed by atoms with van der Waals surface area (Å²) in [6.07, 6.45) is 2.51. The number of carbonyl (C=O) groups excluding carboxylic acids is 1. The van der Waals surface area contributed by atoms with E-state index in [1.165, 1.54) is 4.90 Å². The van der Waals surface area contributed by atoms with Crippen LogP contribution in [0.25, 0.3) is 0 Å². The molecule has 0 radical (unpaired) electrons. The molecule has 1 heterocycles. The lowest BCUT2D eigenvalue weighted by molar-refractivity contribution is -0.138. The molecule has 0 aromatic carbocycles. The average molecular weight is 229 g/mol. The van der Waals surface area contributed by atoms with Gasteiger partial charge in [0.1, 0.15) is 0 Å². The number of nitrogens with zero attached hydrogens (tertiary/aromatic N) is 1. The van der Waals surface area contributed by atoms with Crippen molar-refractivity contribution in [2.24, 2.45) is 5.92 Å². The highest BCUT2D eigenvalue weighted by atomic mass is 16.5. The van der Waals surface area contributed by atoms with E-state index in [4.69, 9.17) is 9.84 Å². The van der Waals surface area contributed by atoms with Gasteiger partial charge in [-0.3, -0.25) is 9.59 Å². The highest BCUT2D eigenvalue weighted by Crippen LogP contribution is 2.17. The Morgan fingerprint density at radius 3 is 2.81 bits per heavy atom. The molecule has 5 nitrogen and oxygen atoms in total. The van der Waals surface area contributed by atoms with Gasteiger partial charge in [0, 0.05) is 33.2 Å². The lowest BCUT2D eigenvalue weighted by atomic mass is 9.98. The van der Waals surface area contributed by atoms with Crippen LogP contribution in [0, 0.1) is 5.92 Å². The maximum absolute atomic E-state index is 11.7. The van der Waals surface area contributed by atoms with E-state index in [1.54, 1.807) is 7.05 Å². The predicted octanol–water partition coefficient (Wildman–Crippen LogP) is 0.736. The topological polar surface area (TPSA) is 66.8 Å². The van der Waals surface area contributed by atoms with E-state index in [0.29, 0.717) is 18.9 Å². The van der Waals surface area contributed by atoms with Crippen molar-refractivity contribution in [3.63, 3.8) is 0 Å². The summed E-state index contributed by atoms with van der Waals surface area (Å²) in [7, 11) is 1.65. The van der Waals surface area contributed by atoms with Crippen LogP contribution in [0.4, 0.5) is 0 Å². The summed E-state index contributed by atoms with van der Waals surface area (Å²) in [6, 6.07) is 0. The Balaban J connectivity index is 2.24. The highest BCUT2D eigenvalue weighted by Gasteiger charge is 2.19. The molecule has 1 N–H and O–H groups in total. The number of carboxylic acid groups (broad SMARTS) is 1. The molecule has 1 saturated heterocycles. The maximum atomic E-state index is 11.7. The second-order valence-corrected chi connectivity index (χ2v) is 4.25. The average Bonchev–Trinajstić information content (AvgIpc) is 2.27. The van der Waals surface area contributed by atoms with Crippen molar-refractivity contribution < 1.29 is 19.4 Å². The number of ether oxygens (including phenoxy) is 1. The van der Waals surface area contributed by atoms with E-state index >= 15 is 0 Å². The molecule has 0 aliphatic carbocycles. The summed E-state index contributed by atoms with van der Waals surface area (Å²) < 4.78 is 5.30. The second kappa shape index (κ2) is 6.48. The quantitative estimate of drug-likeness (QED) is 0.755. The van der Waals surface area contributed by atoms with Crippen LogP contribution >= 0.6 is 0 Å². The number of hydrogen-bond donors (Lipinski definition) is 1.